The number of carbonyl (C=O) groups is 1. The normalized spacial score (nSPS) is 16.8. The van der Waals surface area contributed by atoms with Gasteiger partial charge in [0.05, 0.1) is 12.6 Å². The van der Waals surface area contributed by atoms with Crippen molar-refractivity contribution in [1.82, 2.24) is 4.98 Å². The lowest BCUT2D eigenvalue weighted by Gasteiger charge is -2.04. The molecule has 12 heavy (non-hydrogen) atoms. The van der Waals surface area contributed by atoms with E-state index in [1.165, 1.54) is 12.6 Å². The first-order valence-electron chi connectivity index (χ1n) is 3.32. The number of anilines is 1. The highest BCUT2D eigenvalue weighted by molar-refractivity contribution is 6.10. The third-order valence-corrected chi connectivity index (χ3v) is 1.43. The standard InChI is InChI=1S/C6H6N4O2/c7-4-1-5(11)10(9-4)6-2-8-3-12-6/h2-3H,1H2,(H2,7,9). The first-order chi connectivity index (χ1) is 5.77. The van der Waals surface area contributed by atoms with E-state index in [1.807, 2.05) is 0 Å². The maximum absolute atomic E-state index is 11.1. The van der Waals surface area contributed by atoms with Crippen LogP contribution in [0.4, 0.5) is 5.88 Å². The molecule has 0 spiro atoms. The van der Waals surface area contributed by atoms with Crippen LogP contribution in [0.15, 0.2) is 22.1 Å². The van der Waals surface area contributed by atoms with E-state index < -0.39 is 0 Å². The summed E-state index contributed by atoms with van der Waals surface area (Å²) < 4.78 is 4.87. The molecule has 1 aliphatic rings. The van der Waals surface area contributed by atoms with Crippen LogP contribution in [0.25, 0.3) is 0 Å². The molecule has 6 heteroatoms. The Morgan fingerprint density at radius 3 is 3.00 bits per heavy atom. The first-order valence-corrected chi connectivity index (χ1v) is 3.32. The molecular weight excluding hydrogens is 160 g/mol. The molecular formula is C6H6N4O2. The van der Waals surface area contributed by atoms with Crippen molar-refractivity contribution in [2.75, 3.05) is 5.01 Å². The smallest absolute Gasteiger partial charge is 0.257 e. The summed E-state index contributed by atoms with van der Waals surface area (Å²) in [6.45, 7) is 0. The molecule has 0 unspecified atom stereocenters. The molecule has 62 valence electrons. The highest BCUT2D eigenvalue weighted by Gasteiger charge is 2.25. The van der Waals surface area contributed by atoms with E-state index in [-0.39, 0.29) is 18.2 Å². The van der Waals surface area contributed by atoms with Crippen molar-refractivity contribution in [2.24, 2.45) is 10.8 Å². The Morgan fingerprint density at radius 2 is 2.50 bits per heavy atom. The molecule has 1 aliphatic heterocycles. The van der Waals surface area contributed by atoms with Crippen LogP contribution in [-0.2, 0) is 4.79 Å². The molecule has 1 aromatic heterocycles. The SMILES string of the molecule is NC1=NN(c2cnco2)C(=O)C1. The van der Waals surface area contributed by atoms with Gasteiger partial charge in [0.15, 0.2) is 6.39 Å². The summed E-state index contributed by atoms with van der Waals surface area (Å²) in [5, 5.41) is 4.86. The molecule has 0 radical (unpaired) electrons. The summed E-state index contributed by atoms with van der Waals surface area (Å²) >= 11 is 0. The number of amides is 1. The summed E-state index contributed by atoms with van der Waals surface area (Å²) in [4.78, 5) is 14.8. The Bertz CT molecular complexity index is 329. The lowest BCUT2D eigenvalue weighted by Crippen LogP contribution is -2.18. The minimum atomic E-state index is -0.204. The van der Waals surface area contributed by atoms with E-state index in [2.05, 4.69) is 10.1 Å². The van der Waals surface area contributed by atoms with E-state index in [4.69, 9.17) is 10.2 Å². The van der Waals surface area contributed by atoms with Gasteiger partial charge in [-0.3, -0.25) is 4.79 Å². The Balaban J connectivity index is 2.31. The number of hydrazone groups is 1. The maximum Gasteiger partial charge on any atom is 0.257 e. The summed E-state index contributed by atoms with van der Waals surface area (Å²) in [6, 6.07) is 0. The molecule has 6 nitrogen and oxygen atoms in total. The van der Waals surface area contributed by atoms with Gasteiger partial charge < -0.3 is 10.2 Å². The van der Waals surface area contributed by atoms with E-state index in [1.54, 1.807) is 0 Å². The molecule has 2 rings (SSSR count). The summed E-state index contributed by atoms with van der Waals surface area (Å²) in [6.07, 6.45) is 2.77. The molecule has 0 aliphatic carbocycles. The molecule has 0 saturated carbocycles. The van der Waals surface area contributed by atoms with Gasteiger partial charge in [-0.1, -0.05) is 0 Å². The van der Waals surface area contributed by atoms with Crippen LogP contribution in [0.5, 0.6) is 0 Å². The average Bonchev–Trinajstić information content (AvgIpc) is 2.58. The quantitative estimate of drug-likeness (QED) is 0.619. The van der Waals surface area contributed by atoms with E-state index >= 15 is 0 Å². The lowest BCUT2D eigenvalue weighted by atomic mass is 10.4. The number of aromatic nitrogens is 1. The second-order valence-corrected chi connectivity index (χ2v) is 2.31. The Hall–Kier alpha value is -1.85. The number of hydrogen-bond donors (Lipinski definition) is 1. The average molecular weight is 166 g/mol. The summed E-state index contributed by atoms with van der Waals surface area (Å²) in [5.41, 5.74) is 5.35. The van der Waals surface area contributed by atoms with Crippen molar-refractivity contribution >= 4 is 17.6 Å². The van der Waals surface area contributed by atoms with Crippen LogP contribution in [-0.4, -0.2) is 16.7 Å². The first kappa shape index (κ1) is 6.84. The van der Waals surface area contributed by atoms with Crippen LogP contribution in [0.1, 0.15) is 6.42 Å². The van der Waals surface area contributed by atoms with Crippen molar-refractivity contribution in [3.05, 3.63) is 12.6 Å². The third-order valence-electron chi connectivity index (χ3n) is 1.43. The van der Waals surface area contributed by atoms with Crippen molar-refractivity contribution in [3.8, 4) is 0 Å². The fraction of sp³-hybridized carbons (Fsp3) is 0.167. The number of hydrogen-bond acceptors (Lipinski definition) is 5. The number of nitrogens with zero attached hydrogens (tertiary/aromatic N) is 3. The molecule has 0 saturated heterocycles. The Labute approximate surface area is 67.7 Å². The largest absolute Gasteiger partial charge is 0.426 e. The number of carbonyl (C=O) groups excluding carboxylic acids is 1. The molecule has 2 N–H and O–H groups in total. The van der Waals surface area contributed by atoms with Gasteiger partial charge in [0.1, 0.15) is 5.84 Å². The van der Waals surface area contributed by atoms with Crippen LogP contribution >= 0.6 is 0 Å². The molecule has 2 heterocycles. The number of nitrogens with two attached hydrogens (primary N) is 1. The molecule has 0 atom stereocenters. The van der Waals surface area contributed by atoms with Crippen LogP contribution in [0.2, 0.25) is 0 Å². The summed E-state index contributed by atoms with van der Waals surface area (Å²) in [5.74, 6) is 0.376. The van der Waals surface area contributed by atoms with Crippen molar-refractivity contribution in [2.45, 2.75) is 6.42 Å². The number of oxazole rings is 1. The molecule has 0 aromatic carbocycles. The summed E-state index contributed by atoms with van der Waals surface area (Å²) in [7, 11) is 0. The van der Waals surface area contributed by atoms with Crippen LogP contribution < -0.4 is 10.7 Å². The van der Waals surface area contributed by atoms with Gasteiger partial charge in [-0.05, 0) is 0 Å². The lowest BCUT2D eigenvalue weighted by molar-refractivity contribution is -0.117. The van der Waals surface area contributed by atoms with E-state index in [0.717, 1.165) is 5.01 Å². The second kappa shape index (κ2) is 2.33. The van der Waals surface area contributed by atoms with Gasteiger partial charge in [0.25, 0.3) is 5.91 Å². The van der Waals surface area contributed by atoms with E-state index in [0.29, 0.717) is 5.88 Å². The minimum Gasteiger partial charge on any atom is -0.426 e. The monoisotopic (exact) mass is 166 g/mol. The maximum atomic E-state index is 11.1. The Morgan fingerprint density at radius 1 is 1.67 bits per heavy atom. The van der Waals surface area contributed by atoms with Crippen LogP contribution in [0.3, 0.4) is 0 Å². The van der Waals surface area contributed by atoms with Gasteiger partial charge in [-0.25, -0.2) is 4.98 Å². The van der Waals surface area contributed by atoms with Crippen molar-refractivity contribution < 1.29 is 9.21 Å². The molecule has 1 aromatic rings. The highest BCUT2D eigenvalue weighted by Crippen LogP contribution is 2.17. The fourth-order valence-corrected chi connectivity index (χ4v) is 0.935. The van der Waals surface area contributed by atoms with E-state index in [9.17, 15) is 4.79 Å². The highest BCUT2D eigenvalue weighted by atomic mass is 16.4. The van der Waals surface area contributed by atoms with Gasteiger partial charge in [0, 0.05) is 0 Å². The molecule has 0 fully saturated rings. The van der Waals surface area contributed by atoms with Gasteiger partial charge in [-0.2, -0.15) is 5.01 Å². The van der Waals surface area contributed by atoms with Gasteiger partial charge in [-0.15, -0.1) is 5.10 Å². The fourth-order valence-electron chi connectivity index (χ4n) is 0.935. The molecule has 0 bridgehead atoms. The van der Waals surface area contributed by atoms with Gasteiger partial charge in [0.2, 0.25) is 5.88 Å². The van der Waals surface area contributed by atoms with Crippen LogP contribution in [0, 0.1) is 0 Å². The molecule has 1 amide bonds. The zero-order valence-corrected chi connectivity index (χ0v) is 6.10. The zero-order chi connectivity index (χ0) is 8.55. The predicted molar refractivity (Wildman–Crippen MR) is 40.2 cm³/mol. The third kappa shape index (κ3) is 0.931. The topological polar surface area (TPSA) is 84.7 Å². The van der Waals surface area contributed by atoms with Crippen molar-refractivity contribution in [1.29, 1.82) is 0 Å². The number of rotatable bonds is 1. The predicted octanol–water partition coefficient (Wildman–Crippen LogP) is -0.317. The zero-order valence-electron chi connectivity index (χ0n) is 6.10. The van der Waals surface area contributed by atoms with Gasteiger partial charge >= 0.3 is 0 Å². The number of amidine groups is 1. The second-order valence-electron chi connectivity index (χ2n) is 2.31. The Kier molecular flexibility index (Phi) is 1.33. The minimum absolute atomic E-state index is 0.140. The van der Waals surface area contributed by atoms with Crippen molar-refractivity contribution in [3.63, 3.8) is 0 Å².